The van der Waals surface area contributed by atoms with Crippen molar-refractivity contribution in [1.82, 2.24) is 0 Å². The Balaban J connectivity index is 2.40. The first kappa shape index (κ1) is 11.7. The van der Waals surface area contributed by atoms with Crippen molar-refractivity contribution in [1.29, 1.82) is 0 Å². The Bertz CT molecular complexity index is 451. The minimum absolute atomic E-state index is 0.307. The van der Waals surface area contributed by atoms with Crippen LogP contribution in [0.2, 0.25) is 0 Å². The molecule has 0 aliphatic carbocycles. The second kappa shape index (κ2) is 5.04. The summed E-state index contributed by atoms with van der Waals surface area (Å²) >= 11 is 0. The van der Waals surface area contributed by atoms with E-state index >= 15 is 0 Å². The Kier molecular flexibility index (Phi) is 3.47. The van der Waals surface area contributed by atoms with E-state index in [1.165, 1.54) is 5.69 Å². The molecule has 0 spiro atoms. The molecule has 1 aliphatic heterocycles. The fourth-order valence-corrected chi connectivity index (χ4v) is 2.23. The van der Waals surface area contributed by atoms with Crippen molar-refractivity contribution in [3.8, 4) is 0 Å². The van der Waals surface area contributed by atoms with Crippen LogP contribution < -0.4 is 10.6 Å². The third-order valence-electron chi connectivity index (χ3n) is 3.07. The Morgan fingerprint density at radius 2 is 2.18 bits per heavy atom. The monoisotopic (exact) mass is 230 g/mol. The zero-order valence-corrected chi connectivity index (χ0v) is 10.1. The molecular weight excluding hydrogens is 212 g/mol. The Labute approximate surface area is 102 Å². The summed E-state index contributed by atoms with van der Waals surface area (Å²) in [6, 6.07) is 8.16. The van der Waals surface area contributed by atoms with Crippen LogP contribution in [0, 0.1) is 0 Å². The largest absolute Gasteiger partial charge is 0.371 e. The first-order valence-corrected chi connectivity index (χ1v) is 6.06. The van der Waals surface area contributed by atoms with Crippen molar-refractivity contribution in [3.05, 3.63) is 35.4 Å². The van der Waals surface area contributed by atoms with E-state index in [9.17, 15) is 4.79 Å². The number of primary amides is 1. The van der Waals surface area contributed by atoms with Gasteiger partial charge in [0, 0.05) is 24.4 Å². The van der Waals surface area contributed by atoms with Gasteiger partial charge in [0.2, 0.25) is 5.91 Å². The molecule has 1 aromatic rings. The van der Waals surface area contributed by atoms with Gasteiger partial charge in [-0.05, 0) is 30.5 Å². The number of amides is 1. The van der Waals surface area contributed by atoms with Gasteiger partial charge in [0.1, 0.15) is 0 Å². The van der Waals surface area contributed by atoms with Gasteiger partial charge in [-0.1, -0.05) is 25.1 Å². The number of hydrogen-bond acceptors (Lipinski definition) is 2. The average molecular weight is 230 g/mol. The zero-order valence-electron chi connectivity index (χ0n) is 10.1. The highest BCUT2D eigenvalue weighted by Crippen LogP contribution is 2.27. The molecular formula is C14H18N2O. The van der Waals surface area contributed by atoms with Gasteiger partial charge in [-0.15, -0.1) is 0 Å². The van der Waals surface area contributed by atoms with E-state index in [-0.39, 0.29) is 5.91 Å². The van der Waals surface area contributed by atoms with Crippen LogP contribution in [0.15, 0.2) is 29.8 Å². The molecule has 2 N–H and O–H groups in total. The van der Waals surface area contributed by atoms with Gasteiger partial charge in [0.15, 0.2) is 0 Å². The van der Waals surface area contributed by atoms with Crippen molar-refractivity contribution >= 4 is 17.7 Å². The third-order valence-corrected chi connectivity index (χ3v) is 3.07. The summed E-state index contributed by atoms with van der Waals surface area (Å²) in [5.41, 5.74) is 8.40. The lowest BCUT2D eigenvalue weighted by Gasteiger charge is -2.24. The van der Waals surface area contributed by atoms with Gasteiger partial charge < -0.3 is 10.6 Å². The van der Waals surface area contributed by atoms with Gasteiger partial charge in [0.25, 0.3) is 0 Å². The maximum Gasteiger partial charge on any atom is 0.244 e. The number of rotatable bonds is 3. The number of fused-ring (bicyclic) bond motifs is 1. The van der Waals surface area contributed by atoms with E-state index in [1.54, 1.807) is 0 Å². The highest BCUT2D eigenvalue weighted by atomic mass is 16.1. The quantitative estimate of drug-likeness (QED) is 0.865. The summed E-state index contributed by atoms with van der Waals surface area (Å²) < 4.78 is 0. The number of hydrogen-bond donors (Lipinski definition) is 1. The molecule has 3 nitrogen and oxygen atoms in total. The van der Waals surface area contributed by atoms with Crippen LogP contribution in [0.5, 0.6) is 0 Å². The number of nitrogens with two attached hydrogens (primary N) is 1. The minimum Gasteiger partial charge on any atom is -0.371 e. The van der Waals surface area contributed by atoms with Gasteiger partial charge in [-0.25, -0.2) is 0 Å². The van der Waals surface area contributed by atoms with Gasteiger partial charge in [0.05, 0.1) is 0 Å². The maximum absolute atomic E-state index is 11.3. The highest BCUT2D eigenvalue weighted by molar-refractivity contribution is 5.98. The second-order valence-electron chi connectivity index (χ2n) is 4.33. The summed E-state index contributed by atoms with van der Waals surface area (Å²) in [6.45, 7) is 4.03. The molecule has 0 radical (unpaired) electrons. The zero-order chi connectivity index (χ0) is 12.3. The summed E-state index contributed by atoms with van der Waals surface area (Å²) in [4.78, 5) is 13.6. The molecule has 1 amide bonds. The Morgan fingerprint density at radius 3 is 2.88 bits per heavy atom. The van der Waals surface area contributed by atoms with E-state index in [0.717, 1.165) is 37.1 Å². The van der Waals surface area contributed by atoms with Crippen LogP contribution >= 0.6 is 0 Å². The predicted octanol–water partition coefficient (Wildman–Crippen LogP) is 2.18. The number of anilines is 1. The molecule has 0 saturated carbocycles. The summed E-state index contributed by atoms with van der Waals surface area (Å²) in [5.74, 6) is -0.307. The topological polar surface area (TPSA) is 46.3 Å². The number of carbonyl (C=O) groups excluding carboxylic acids is 1. The number of nitrogens with zero attached hydrogens (tertiary/aromatic N) is 1. The molecule has 0 fully saturated rings. The average Bonchev–Trinajstić information content (AvgIpc) is 2.50. The SMILES string of the molecule is CCCN1CCC(C(N)=O)=Cc2ccccc21. The van der Waals surface area contributed by atoms with E-state index < -0.39 is 0 Å². The molecule has 0 bridgehead atoms. The van der Waals surface area contributed by atoms with E-state index in [1.807, 2.05) is 24.3 Å². The molecule has 2 rings (SSSR count). The normalized spacial score (nSPS) is 14.9. The molecule has 0 atom stereocenters. The molecule has 1 heterocycles. The third kappa shape index (κ3) is 2.49. The molecule has 1 aromatic carbocycles. The first-order valence-electron chi connectivity index (χ1n) is 6.06. The van der Waals surface area contributed by atoms with Crippen LogP contribution in [0.3, 0.4) is 0 Å². The number of carbonyl (C=O) groups is 1. The van der Waals surface area contributed by atoms with E-state index in [0.29, 0.717) is 0 Å². The number of para-hydroxylation sites is 1. The molecule has 0 aromatic heterocycles. The van der Waals surface area contributed by atoms with Gasteiger partial charge >= 0.3 is 0 Å². The molecule has 17 heavy (non-hydrogen) atoms. The van der Waals surface area contributed by atoms with Crippen LogP contribution in [0.4, 0.5) is 5.69 Å². The molecule has 0 unspecified atom stereocenters. The molecule has 1 aliphatic rings. The highest BCUT2D eigenvalue weighted by Gasteiger charge is 2.16. The fourth-order valence-electron chi connectivity index (χ4n) is 2.23. The van der Waals surface area contributed by atoms with Crippen molar-refractivity contribution in [3.63, 3.8) is 0 Å². The Hall–Kier alpha value is -1.77. The van der Waals surface area contributed by atoms with Crippen molar-refractivity contribution in [2.75, 3.05) is 18.0 Å². The van der Waals surface area contributed by atoms with Crippen molar-refractivity contribution in [2.45, 2.75) is 19.8 Å². The summed E-state index contributed by atoms with van der Waals surface area (Å²) in [6.07, 6.45) is 3.75. The van der Waals surface area contributed by atoms with Crippen LogP contribution in [-0.2, 0) is 4.79 Å². The van der Waals surface area contributed by atoms with Crippen LogP contribution in [-0.4, -0.2) is 19.0 Å². The van der Waals surface area contributed by atoms with E-state index in [2.05, 4.69) is 17.9 Å². The van der Waals surface area contributed by atoms with Crippen molar-refractivity contribution < 1.29 is 4.79 Å². The maximum atomic E-state index is 11.3. The van der Waals surface area contributed by atoms with Gasteiger partial charge in [-0.2, -0.15) is 0 Å². The molecule has 3 heteroatoms. The lowest BCUT2D eigenvalue weighted by atomic mass is 10.1. The van der Waals surface area contributed by atoms with E-state index in [4.69, 9.17) is 5.73 Å². The predicted molar refractivity (Wildman–Crippen MR) is 70.7 cm³/mol. The fraction of sp³-hybridized carbons (Fsp3) is 0.357. The molecule has 90 valence electrons. The lowest BCUT2D eigenvalue weighted by Crippen LogP contribution is -2.26. The lowest BCUT2D eigenvalue weighted by molar-refractivity contribution is -0.114. The van der Waals surface area contributed by atoms with Crippen molar-refractivity contribution in [2.24, 2.45) is 5.73 Å². The summed E-state index contributed by atoms with van der Waals surface area (Å²) in [5, 5.41) is 0. The number of benzene rings is 1. The molecule has 0 saturated heterocycles. The smallest absolute Gasteiger partial charge is 0.244 e. The second-order valence-corrected chi connectivity index (χ2v) is 4.33. The van der Waals surface area contributed by atoms with Crippen LogP contribution in [0.1, 0.15) is 25.3 Å². The van der Waals surface area contributed by atoms with Crippen LogP contribution in [0.25, 0.3) is 6.08 Å². The Morgan fingerprint density at radius 1 is 1.41 bits per heavy atom. The standard InChI is InChI=1S/C14H18N2O/c1-2-8-16-9-7-12(14(15)17)10-11-5-3-4-6-13(11)16/h3-6,10H,2,7-9H2,1H3,(H2,15,17). The summed E-state index contributed by atoms with van der Waals surface area (Å²) in [7, 11) is 0. The first-order chi connectivity index (χ1) is 8.22. The minimum atomic E-state index is -0.307. The van der Waals surface area contributed by atoms with Gasteiger partial charge in [-0.3, -0.25) is 4.79 Å².